The van der Waals surface area contributed by atoms with Gasteiger partial charge in [-0.25, -0.2) is 0 Å². The normalized spacial score (nSPS) is 12.3. The van der Waals surface area contributed by atoms with Crippen molar-refractivity contribution in [2.45, 2.75) is 78.9 Å². The third-order valence-electron chi connectivity index (χ3n) is 5.11. The molecule has 2 rings (SSSR count). The van der Waals surface area contributed by atoms with Crippen molar-refractivity contribution in [3.8, 4) is 0 Å². The van der Waals surface area contributed by atoms with Gasteiger partial charge in [-0.2, -0.15) is 0 Å². The lowest BCUT2D eigenvalue weighted by atomic mass is 10.0. The number of rotatable bonds is 8. The van der Waals surface area contributed by atoms with Crippen molar-refractivity contribution >= 4 is 11.8 Å². The standard InChI is InChI=1S/C26H36N2O2/c1-7-23(25(30)27-26(4,5)6)28(18-22-14-10-20(3)11-15-22)24(29)17-16-21-12-8-19(2)9-13-21/h8-15,23H,7,16-18H2,1-6H3,(H,27,30). The van der Waals surface area contributed by atoms with Gasteiger partial charge in [-0.15, -0.1) is 0 Å². The van der Waals surface area contributed by atoms with Gasteiger partial charge in [-0.1, -0.05) is 66.6 Å². The fraction of sp³-hybridized carbons (Fsp3) is 0.462. The summed E-state index contributed by atoms with van der Waals surface area (Å²) < 4.78 is 0. The lowest BCUT2D eigenvalue weighted by molar-refractivity contribution is -0.142. The van der Waals surface area contributed by atoms with Crippen molar-refractivity contribution in [3.63, 3.8) is 0 Å². The van der Waals surface area contributed by atoms with Crippen LogP contribution in [0.1, 0.15) is 62.8 Å². The van der Waals surface area contributed by atoms with Crippen LogP contribution in [-0.2, 0) is 22.6 Å². The summed E-state index contributed by atoms with van der Waals surface area (Å²) >= 11 is 0. The van der Waals surface area contributed by atoms with Crippen molar-refractivity contribution in [1.29, 1.82) is 0 Å². The maximum atomic E-state index is 13.3. The average molecular weight is 409 g/mol. The van der Waals surface area contributed by atoms with Crippen molar-refractivity contribution < 1.29 is 9.59 Å². The second-order valence-corrected chi connectivity index (χ2v) is 9.16. The van der Waals surface area contributed by atoms with E-state index in [0.717, 1.165) is 11.1 Å². The molecule has 0 bridgehead atoms. The van der Waals surface area contributed by atoms with E-state index >= 15 is 0 Å². The fourth-order valence-electron chi connectivity index (χ4n) is 3.41. The Morgan fingerprint density at radius 1 is 0.900 bits per heavy atom. The molecule has 2 aromatic rings. The van der Waals surface area contributed by atoms with Crippen LogP contribution in [0.15, 0.2) is 48.5 Å². The van der Waals surface area contributed by atoms with E-state index < -0.39 is 6.04 Å². The molecule has 1 atom stereocenters. The molecule has 0 aromatic heterocycles. The average Bonchev–Trinajstić information content (AvgIpc) is 2.67. The highest BCUT2D eigenvalue weighted by molar-refractivity contribution is 5.88. The van der Waals surface area contributed by atoms with Gasteiger partial charge in [0.05, 0.1) is 0 Å². The fourth-order valence-corrected chi connectivity index (χ4v) is 3.41. The first-order valence-corrected chi connectivity index (χ1v) is 10.8. The minimum absolute atomic E-state index is 0.00654. The summed E-state index contributed by atoms with van der Waals surface area (Å²) in [5.74, 6) is -0.0899. The smallest absolute Gasteiger partial charge is 0.243 e. The number of nitrogens with zero attached hydrogens (tertiary/aromatic N) is 1. The zero-order chi connectivity index (χ0) is 22.3. The van der Waals surface area contributed by atoms with Gasteiger partial charge in [-0.3, -0.25) is 9.59 Å². The lowest BCUT2D eigenvalue weighted by Gasteiger charge is -2.33. The molecule has 1 unspecified atom stereocenters. The SMILES string of the molecule is CCC(C(=O)NC(C)(C)C)N(Cc1ccc(C)cc1)C(=O)CCc1ccc(C)cc1. The number of carbonyl (C=O) groups is 2. The summed E-state index contributed by atoms with van der Waals surface area (Å²) in [7, 11) is 0. The van der Waals surface area contributed by atoms with Gasteiger partial charge in [0, 0.05) is 18.5 Å². The van der Waals surface area contributed by atoms with E-state index in [1.165, 1.54) is 11.1 Å². The molecular weight excluding hydrogens is 372 g/mol. The first-order valence-electron chi connectivity index (χ1n) is 10.8. The summed E-state index contributed by atoms with van der Waals surface area (Å²) in [6.07, 6.45) is 1.62. The quantitative estimate of drug-likeness (QED) is 0.671. The first kappa shape index (κ1) is 23.7. The number of aryl methyl sites for hydroxylation is 3. The summed E-state index contributed by atoms with van der Waals surface area (Å²) in [4.78, 5) is 28.0. The number of carbonyl (C=O) groups excluding carboxylic acids is 2. The van der Waals surface area contributed by atoms with Gasteiger partial charge in [0.25, 0.3) is 0 Å². The lowest BCUT2D eigenvalue weighted by Crippen LogP contribution is -2.53. The van der Waals surface area contributed by atoms with Crippen molar-refractivity contribution in [2.75, 3.05) is 0 Å². The van der Waals surface area contributed by atoms with Gasteiger partial charge < -0.3 is 10.2 Å². The molecule has 0 aliphatic carbocycles. The second kappa shape index (κ2) is 10.4. The monoisotopic (exact) mass is 408 g/mol. The summed E-state index contributed by atoms with van der Waals surface area (Å²) in [6, 6.07) is 15.9. The number of hydrogen-bond donors (Lipinski definition) is 1. The van der Waals surface area contributed by atoms with Crippen LogP contribution in [0.2, 0.25) is 0 Å². The Balaban J connectivity index is 2.21. The minimum Gasteiger partial charge on any atom is -0.350 e. The summed E-state index contributed by atoms with van der Waals surface area (Å²) in [6.45, 7) is 12.4. The first-order chi connectivity index (χ1) is 14.1. The van der Waals surface area contributed by atoms with E-state index in [1.807, 2.05) is 58.9 Å². The van der Waals surface area contributed by atoms with Gasteiger partial charge >= 0.3 is 0 Å². The van der Waals surface area contributed by atoms with E-state index in [4.69, 9.17) is 0 Å². The molecule has 162 valence electrons. The molecule has 0 aliphatic rings. The Bertz CT molecular complexity index is 833. The Labute approximate surface area is 181 Å². The summed E-state index contributed by atoms with van der Waals surface area (Å²) in [5, 5.41) is 3.05. The zero-order valence-electron chi connectivity index (χ0n) is 19.3. The minimum atomic E-state index is -0.490. The molecule has 4 heteroatoms. The third kappa shape index (κ3) is 7.33. The highest BCUT2D eigenvalue weighted by Gasteiger charge is 2.30. The largest absolute Gasteiger partial charge is 0.350 e. The van der Waals surface area contributed by atoms with Crippen LogP contribution < -0.4 is 5.32 Å². The maximum Gasteiger partial charge on any atom is 0.243 e. The molecule has 0 spiro atoms. The molecule has 30 heavy (non-hydrogen) atoms. The molecule has 1 N–H and O–H groups in total. The molecule has 0 aliphatic heterocycles. The second-order valence-electron chi connectivity index (χ2n) is 9.16. The molecule has 0 saturated carbocycles. The van der Waals surface area contributed by atoms with E-state index in [0.29, 0.717) is 25.8 Å². The predicted octanol–water partition coefficient (Wildman–Crippen LogP) is 4.96. The molecule has 2 aromatic carbocycles. The number of benzene rings is 2. The van der Waals surface area contributed by atoms with Crippen LogP contribution in [0, 0.1) is 13.8 Å². The maximum absolute atomic E-state index is 13.3. The number of hydrogen-bond acceptors (Lipinski definition) is 2. The number of amides is 2. The van der Waals surface area contributed by atoms with Crippen molar-refractivity contribution in [1.82, 2.24) is 10.2 Å². The highest BCUT2D eigenvalue weighted by atomic mass is 16.2. The molecular formula is C26H36N2O2. The zero-order valence-corrected chi connectivity index (χ0v) is 19.3. The van der Waals surface area contributed by atoms with Crippen LogP contribution in [-0.4, -0.2) is 28.3 Å². The van der Waals surface area contributed by atoms with Crippen molar-refractivity contribution in [3.05, 3.63) is 70.8 Å². The van der Waals surface area contributed by atoms with Gasteiger partial charge in [0.1, 0.15) is 6.04 Å². The van der Waals surface area contributed by atoms with Crippen LogP contribution >= 0.6 is 0 Å². The molecule has 0 radical (unpaired) electrons. The van der Waals surface area contributed by atoms with Gasteiger partial charge in [-0.05, 0) is 58.6 Å². The summed E-state index contributed by atoms with van der Waals surface area (Å²) in [5.41, 5.74) is 4.21. The topological polar surface area (TPSA) is 49.4 Å². The van der Waals surface area contributed by atoms with Crippen molar-refractivity contribution in [2.24, 2.45) is 0 Å². The van der Waals surface area contributed by atoms with Crippen LogP contribution in [0.4, 0.5) is 0 Å². The van der Waals surface area contributed by atoms with E-state index in [2.05, 4.69) is 36.5 Å². The molecule has 2 amide bonds. The molecule has 4 nitrogen and oxygen atoms in total. The third-order valence-corrected chi connectivity index (χ3v) is 5.11. The van der Waals surface area contributed by atoms with E-state index in [-0.39, 0.29) is 17.4 Å². The molecule has 0 fully saturated rings. The Morgan fingerprint density at radius 2 is 1.40 bits per heavy atom. The van der Waals surface area contributed by atoms with Crippen LogP contribution in [0.3, 0.4) is 0 Å². The predicted molar refractivity (Wildman–Crippen MR) is 123 cm³/mol. The van der Waals surface area contributed by atoms with E-state index in [1.54, 1.807) is 4.90 Å². The van der Waals surface area contributed by atoms with Gasteiger partial charge in [0.15, 0.2) is 0 Å². The van der Waals surface area contributed by atoms with E-state index in [9.17, 15) is 9.59 Å². The van der Waals surface area contributed by atoms with Crippen LogP contribution in [0.5, 0.6) is 0 Å². The molecule has 0 saturated heterocycles. The van der Waals surface area contributed by atoms with Gasteiger partial charge in [0.2, 0.25) is 11.8 Å². The van der Waals surface area contributed by atoms with Crippen LogP contribution in [0.25, 0.3) is 0 Å². The Hall–Kier alpha value is -2.62. The number of nitrogens with one attached hydrogen (secondary N) is 1. The molecule has 0 heterocycles. The highest BCUT2D eigenvalue weighted by Crippen LogP contribution is 2.17. The Kier molecular flexibility index (Phi) is 8.22. The Morgan fingerprint density at radius 3 is 1.87 bits per heavy atom.